The summed E-state index contributed by atoms with van der Waals surface area (Å²) in [5, 5.41) is 3.03. The Balaban J connectivity index is 2.47. The molecule has 0 radical (unpaired) electrons. The van der Waals surface area contributed by atoms with Crippen molar-refractivity contribution >= 4 is 23.1 Å². The Morgan fingerprint density at radius 2 is 2.17 bits per heavy atom. The van der Waals surface area contributed by atoms with E-state index in [0.29, 0.717) is 6.42 Å². The van der Waals surface area contributed by atoms with Gasteiger partial charge in [-0.3, -0.25) is 4.79 Å². The largest absolute Gasteiger partial charge is 0.368 e. The van der Waals surface area contributed by atoms with Crippen LogP contribution in [0, 0.1) is 0 Å². The fraction of sp³-hybridized carbons (Fsp3) is 0.222. The molecule has 1 aromatic rings. The molecule has 2 rings (SSSR count). The molecule has 1 N–H and O–H groups in total. The lowest BCUT2D eigenvalue weighted by Gasteiger charge is -2.20. The van der Waals surface area contributed by atoms with E-state index in [4.69, 9.17) is 11.6 Å². The highest BCUT2D eigenvalue weighted by Crippen LogP contribution is 2.25. The van der Waals surface area contributed by atoms with Gasteiger partial charge in [0.15, 0.2) is 5.78 Å². The Kier molecular flexibility index (Phi) is 1.77. The summed E-state index contributed by atoms with van der Waals surface area (Å²) in [6.45, 7) is 0. The van der Waals surface area contributed by atoms with E-state index in [1.807, 2.05) is 24.3 Å². The fourth-order valence-electron chi connectivity index (χ4n) is 1.34. The van der Waals surface area contributed by atoms with Crippen LogP contribution in [0.1, 0.15) is 16.8 Å². The first-order valence-electron chi connectivity index (χ1n) is 3.80. The number of ketones is 1. The number of halogens is 1. The van der Waals surface area contributed by atoms with Crippen LogP contribution in [-0.4, -0.2) is 11.3 Å². The lowest BCUT2D eigenvalue weighted by molar-refractivity contribution is 0.0980. The predicted octanol–water partition coefficient (Wildman–Crippen LogP) is 2.25. The number of alkyl halides is 1. The predicted molar refractivity (Wildman–Crippen MR) is 48.7 cm³/mol. The number of anilines is 1. The lowest BCUT2D eigenvalue weighted by Crippen LogP contribution is -2.24. The smallest absolute Gasteiger partial charge is 0.168 e. The summed E-state index contributed by atoms with van der Waals surface area (Å²) in [6, 6.07) is 7.41. The van der Waals surface area contributed by atoms with Crippen LogP contribution in [0.3, 0.4) is 0 Å². The number of hydrogen-bond donors (Lipinski definition) is 1. The molecule has 2 nitrogen and oxygen atoms in total. The van der Waals surface area contributed by atoms with Gasteiger partial charge in [-0.1, -0.05) is 23.7 Å². The zero-order valence-corrected chi connectivity index (χ0v) is 7.14. The van der Waals surface area contributed by atoms with Crippen LogP contribution < -0.4 is 5.32 Å². The maximum Gasteiger partial charge on any atom is 0.168 e. The van der Waals surface area contributed by atoms with Gasteiger partial charge < -0.3 is 5.32 Å². The fourth-order valence-corrected chi connectivity index (χ4v) is 1.60. The average molecular weight is 182 g/mol. The minimum atomic E-state index is -0.257. The third kappa shape index (κ3) is 1.18. The molecule has 1 unspecified atom stereocenters. The number of Topliss-reactive ketones (excluding diaryl/α,β-unsaturated/α-hetero) is 1. The summed E-state index contributed by atoms with van der Waals surface area (Å²) in [7, 11) is 0. The van der Waals surface area contributed by atoms with Gasteiger partial charge in [0, 0.05) is 17.7 Å². The van der Waals surface area contributed by atoms with Gasteiger partial charge in [-0.15, -0.1) is 0 Å². The molecule has 0 saturated carbocycles. The number of fused-ring (bicyclic) bond motifs is 1. The normalized spacial score (nSPS) is 21.4. The quantitative estimate of drug-likeness (QED) is 0.491. The lowest BCUT2D eigenvalue weighted by atomic mass is 10.0. The van der Waals surface area contributed by atoms with Crippen molar-refractivity contribution in [2.45, 2.75) is 11.9 Å². The summed E-state index contributed by atoms with van der Waals surface area (Å²) in [5.41, 5.74) is 1.33. The van der Waals surface area contributed by atoms with Gasteiger partial charge in [0.05, 0.1) is 0 Å². The molecular formula is C9H8ClNO. The molecule has 0 fully saturated rings. The Bertz CT molecular complexity index is 324. The second kappa shape index (κ2) is 2.79. The molecule has 62 valence electrons. The van der Waals surface area contributed by atoms with E-state index in [-0.39, 0.29) is 11.3 Å². The number of nitrogens with one attached hydrogen (secondary N) is 1. The number of carbonyl (C=O) groups is 1. The maximum atomic E-state index is 11.4. The third-order valence-corrected chi connectivity index (χ3v) is 2.17. The van der Waals surface area contributed by atoms with E-state index in [1.165, 1.54) is 0 Å². The van der Waals surface area contributed by atoms with Gasteiger partial charge in [-0.2, -0.15) is 0 Å². The van der Waals surface area contributed by atoms with Crippen LogP contribution in [0.15, 0.2) is 24.3 Å². The van der Waals surface area contributed by atoms with Gasteiger partial charge in [0.2, 0.25) is 0 Å². The topological polar surface area (TPSA) is 29.1 Å². The SMILES string of the molecule is O=C1CC(Cl)Nc2ccccc21. The molecule has 1 atom stereocenters. The Morgan fingerprint density at radius 1 is 1.42 bits per heavy atom. The highest BCUT2D eigenvalue weighted by Gasteiger charge is 2.21. The highest BCUT2D eigenvalue weighted by molar-refractivity contribution is 6.25. The summed E-state index contributed by atoms with van der Waals surface area (Å²) >= 11 is 5.81. The van der Waals surface area contributed by atoms with E-state index in [9.17, 15) is 4.79 Å². The molecule has 1 aliphatic heterocycles. The Labute approximate surface area is 75.5 Å². The molecule has 1 aromatic carbocycles. The monoisotopic (exact) mass is 181 g/mol. The van der Waals surface area contributed by atoms with Crippen LogP contribution in [0.2, 0.25) is 0 Å². The van der Waals surface area contributed by atoms with Crippen LogP contribution in [0.25, 0.3) is 0 Å². The van der Waals surface area contributed by atoms with Gasteiger partial charge in [0.1, 0.15) is 5.50 Å². The second-order valence-corrected chi connectivity index (χ2v) is 3.31. The van der Waals surface area contributed by atoms with Gasteiger partial charge in [-0.05, 0) is 12.1 Å². The van der Waals surface area contributed by atoms with Crippen LogP contribution in [0.5, 0.6) is 0 Å². The number of carbonyl (C=O) groups excluding carboxylic acids is 1. The summed E-state index contributed by atoms with van der Waals surface area (Å²) in [6.07, 6.45) is 0.374. The molecule has 0 bridgehead atoms. The molecule has 0 spiro atoms. The first kappa shape index (κ1) is 7.62. The number of hydrogen-bond acceptors (Lipinski definition) is 2. The molecule has 1 heterocycles. The highest BCUT2D eigenvalue weighted by atomic mass is 35.5. The minimum Gasteiger partial charge on any atom is -0.368 e. The summed E-state index contributed by atoms with van der Waals surface area (Å²) in [4.78, 5) is 11.4. The van der Waals surface area contributed by atoms with Gasteiger partial charge in [0.25, 0.3) is 0 Å². The number of para-hydroxylation sites is 1. The van der Waals surface area contributed by atoms with Crippen LogP contribution >= 0.6 is 11.6 Å². The molecule has 0 aromatic heterocycles. The van der Waals surface area contributed by atoms with Crippen LogP contribution in [0.4, 0.5) is 5.69 Å². The van der Waals surface area contributed by atoms with Crippen molar-refractivity contribution in [3.05, 3.63) is 29.8 Å². The van der Waals surface area contributed by atoms with E-state index < -0.39 is 0 Å². The minimum absolute atomic E-state index is 0.115. The molecule has 0 amide bonds. The zero-order chi connectivity index (χ0) is 8.55. The van der Waals surface area contributed by atoms with Crippen molar-refractivity contribution in [2.75, 3.05) is 5.32 Å². The molecule has 0 saturated heterocycles. The Morgan fingerprint density at radius 3 is 3.00 bits per heavy atom. The Hall–Kier alpha value is -1.02. The summed E-state index contributed by atoms with van der Waals surface area (Å²) in [5.74, 6) is 0.115. The molecule has 3 heteroatoms. The first-order valence-corrected chi connectivity index (χ1v) is 4.24. The molecule has 1 aliphatic rings. The standard InChI is InChI=1S/C9H8ClNO/c10-9-5-8(12)6-3-1-2-4-7(6)11-9/h1-4,9,11H,5H2. The third-order valence-electron chi connectivity index (χ3n) is 1.90. The molecular weight excluding hydrogens is 174 g/mol. The second-order valence-electron chi connectivity index (χ2n) is 2.78. The van der Waals surface area contributed by atoms with Gasteiger partial charge in [-0.25, -0.2) is 0 Å². The maximum absolute atomic E-state index is 11.4. The van der Waals surface area contributed by atoms with Crippen LogP contribution in [-0.2, 0) is 0 Å². The van der Waals surface area contributed by atoms with Gasteiger partial charge >= 0.3 is 0 Å². The number of benzene rings is 1. The van der Waals surface area contributed by atoms with Crippen molar-refractivity contribution in [1.29, 1.82) is 0 Å². The number of rotatable bonds is 0. The molecule has 0 aliphatic carbocycles. The van der Waals surface area contributed by atoms with Crippen molar-refractivity contribution in [2.24, 2.45) is 0 Å². The van der Waals surface area contributed by atoms with E-state index in [2.05, 4.69) is 5.32 Å². The van der Waals surface area contributed by atoms with Crippen molar-refractivity contribution in [1.82, 2.24) is 0 Å². The van der Waals surface area contributed by atoms with E-state index in [1.54, 1.807) is 0 Å². The molecule has 12 heavy (non-hydrogen) atoms. The van der Waals surface area contributed by atoms with E-state index in [0.717, 1.165) is 11.3 Å². The van der Waals surface area contributed by atoms with Crippen molar-refractivity contribution < 1.29 is 4.79 Å². The average Bonchev–Trinajstić information content (AvgIpc) is 2.04. The summed E-state index contributed by atoms with van der Waals surface area (Å²) < 4.78 is 0. The first-order chi connectivity index (χ1) is 5.77. The van der Waals surface area contributed by atoms with E-state index >= 15 is 0 Å². The zero-order valence-electron chi connectivity index (χ0n) is 6.38. The van der Waals surface area contributed by atoms with Crippen molar-refractivity contribution in [3.8, 4) is 0 Å². The van der Waals surface area contributed by atoms with Crippen molar-refractivity contribution in [3.63, 3.8) is 0 Å².